The lowest BCUT2D eigenvalue weighted by Crippen LogP contribution is -2.47. The zero-order valence-electron chi connectivity index (χ0n) is 12.2. The number of amides is 1. The van der Waals surface area contributed by atoms with E-state index in [2.05, 4.69) is 5.32 Å². The molecule has 0 aromatic carbocycles. The Morgan fingerprint density at radius 1 is 1.37 bits per heavy atom. The molecule has 1 unspecified atom stereocenters. The van der Waals surface area contributed by atoms with E-state index < -0.39 is 0 Å². The predicted molar refractivity (Wildman–Crippen MR) is 72.3 cm³/mol. The smallest absolute Gasteiger partial charge is 0.409 e. The van der Waals surface area contributed by atoms with Crippen LogP contribution in [0.2, 0.25) is 0 Å². The highest BCUT2D eigenvalue weighted by Gasteiger charge is 2.23. The van der Waals surface area contributed by atoms with Crippen LogP contribution in [0.4, 0.5) is 4.79 Å². The Morgan fingerprint density at radius 3 is 2.58 bits per heavy atom. The highest BCUT2D eigenvalue weighted by Crippen LogP contribution is 2.11. The van der Waals surface area contributed by atoms with Gasteiger partial charge < -0.3 is 24.4 Å². The molecule has 6 heteroatoms. The zero-order valence-corrected chi connectivity index (χ0v) is 12.2. The van der Waals surface area contributed by atoms with E-state index in [1.165, 1.54) is 0 Å². The van der Waals surface area contributed by atoms with E-state index in [1.807, 2.05) is 6.92 Å². The fraction of sp³-hybridized carbons (Fsp3) is 0.923. The Morgan fingerprint density at radius 2 is 2.05 bits per heavy atom. The van der Waals surface area contributed by atoms with Gasteiger partial charge >= 0.3 is 6.09 Å². The third-order valence-corrected chi connectivity index (χ3v) is 3.34. The molecule has 0 saturated carbocycles. The van der Waals surface area contributed by atoms with Crippen LogP contribution in [0, 0.1) is 0 Å². The van der Waals surface area contributed by atoms with Crippen molar-refractivity contribution in [2.45, 2.75) is 31.9 Å². The largest absolute Gasteiger partial charge is 0.450 e. The second kappa shape index (κ2) is 9.12. The molecule has 0 aromatic heterocycles. The van der Waals surface area contributed by atoms with Gasteiger partial charge in [-0.1, -0.05) is 0 Å². The van der Waals surface area contributed by atoms with E-state index in [9.17, 15) is 4.79 Å². The van der Waals surface area contributed by atoms with Crippen molar-refractivity contribution in [3.05, 3.63) is 0 Å². The maximum Gasteiger partial charge on any atom is 0.409 e. The van der Waals surface area contributed by atoms with Crippen LogP contribution in [0.15, 0.2) is 0 Å². The first-order chi connectivity index (χ1) is 9.21. The fourth-order valence-corrected chi connectivity index (χ4v) is 2.18. The second-order valence-corrected chi connectivity index (χ2v) is 4.68. The van der Waals surface area contributed by atoms with E-state index >= 15 is 0 Å². The van der Waals surface area contributed by atoms with Crippen molar-refractivity contribution >= 4 is 6.09 Å². The average Bonchev–Trinajstić information content (AvgIpc) is 2.44. The molecule has 1 aliphatic rings. The van der Waals surface area contributed by atoms with E-state index in [1.54, 1.807) is 19.1 Å². The molecule has 6 nitrogen and oxygen atoms in total. The number of nitrogens with zero attached hydrogens (tertiary/aromatic N) is 1. The molecule has 1 amide bonds. The minimum absolute atomic E-state index is 0.0769. The van der Waals surface area contributed by atoms with Crippen molar-refractivity contribution in [2.24, 2.45) is 0 Å². The third kappa shape index (κ3) is 5.76. The molecule has 0 radical (unpaired) electrons. The fourth-order valence-electron chi connectivity index (χ4n) is 2.18. The molecule has 112 valence electrons. The lowest BCUT2D eigenvalue weighted by molar-refractivity contribution is 0.0256. The number of methoxy groups -OCH3 is 2. The monoisotopic (exact) mass is 274 g/mol. The van der Waals surface area contributed by atoms with Gasteiger partial charge in [-0.2, -0.15) is 0 Å². The lowest BCUT2D eigenvalue weighted by atomic mass is 10.1. The van der Waals surface area contributed by atoms with Crippen LogP contribution in [-0.4, -0.2) is 70.2 Å². The van der Waals surface area contributed by atoms with Gasteiger partial charge in [0.25, 0.3) is 0 Å². The Labute approximate surface area is 115 Å². The van der Waals surface area contributed by atoms with Crippen LogP contribution in [0.3, 0.4) is 0 Å². The molecule has 19 heavy (non-hydrogen) atoms. The van der Waals surface area contributed by atoms with Crippen molar-refractivity contribution in [3.63, 3.8) is 0 Å². The average molecular weight is 274 g/mol. The summed E-state index contributed by atoms with van der Waals surface area (Å²) in [5.41, 5.74) is 0. The minimum Gasteiger partial charge on any atom is -0.450 e. The number of rotatable bonds is 7. The van der Waals surface area contributed by atoms with Gasteiger partial charge in [0, 0.05) is 39.9 Å². The summed E-state index contributed by atoms with van der Waals surface area (Å²) < 4.78 is 15.4. The Bertz CT molecular complexity index is 255. The van der Waals surface area contributed by atoms with E-state index in [0.29, 0.717) is 19.3 Å². The van der Waals surface area contributed by atoms with Crippen molar-refractivity contribution in [1.29, 1.82) is 0 Å². The maximum absolute atomic E-state index is 11.5. The van der Waals surface area contributed by atoms with Crippen LogP contribution in [0.1, 0.15) is 19.8 Å². The third-order valence-electron chi connectivity index (χ3n) is 3.34. The van der Waals surface area contributed by atoms with Gasteiger partial charge in [-0.15, -0.1) is 0 Å². The number of ether oxygens (including phenoxy) is 3. The van der Waals surface area contributed by atoms with Crippen LogP contribution in [-0.2, 0) is 14.2 Å². The zero-order chi connectivity index (χ0) is 14.1. The summed E-state index contributed by atoms with van der Waals surface area (Å²) in [6.45, 7) is 5.12. The van der Waals surface area contributed by atoms with E-state index in [-0.39, 0.29) is 12.2 Å². The van der Waals surface area contributed by atoms with Gasteiger partial charge in [0.15, 0.2) is 0 Å². The van der Waals surface area contributed by atoms with Gasteiger partial charge in [-0.25, -0.2) is 4.79 Å². The van der Waals surface area contributed by atoms with E-state index in [4.69, 9.17) is 14.2 Å². The minimum atomic E-state index is -0.199. The van der Waals surface area contributed by atoms with Gasteiger partial charge in [-0.3, -0.25) is 0 Å². The molecular formula is C13H26N2O4. The van der Waals surface area contributed by atoms with Crippen LogP contribution < -0.4 is 5.32 Å². The molecule has 1 aliphatic heterocycles. The summed E-state index contributed by atoms with van der Waals surface area (Å²) in [5.74, 6) is 0. The number of hydrogen-bond acceptors (Lipinski definition) is 5. The molecule has 0 aliphatic carbocycles. The number of piperidine rings is 1. The lowest BCUT2D eigenvalue weighted by Gasteiger charge is -2.32. The number of likely N-dealkylation sites (tertiary alicyclic amines) is 1. The molecule has 0 spiro atoms. The molecule has 1 heterocycles. The number of nitrogens with one attached hydrogen (secondary N) is 1. The molecule has 1 atom stereocenters. The number of carbonyl (C=O) groups excluding carboxylic acids is 1. The molecule has 1 rings (SSSR count). The van der Waals surface area contributed by atoms with Crippen molar-refractivity contribution in [3.8, 4) is 0 Å². The maximum atomic E-state index is 11.5. The number of hydrogen-bond donors (Lipinski definition) is 1. The summed E-state index contributed by atoms with van der Waals surface area (Å²) in [7, 11) is 3.36. The van der Waals surface area contributed by atoms with Crippen LogP contribution in [0.25, 0.3) is 0 Å². The summed E-state index contributed by atoms with van der Waals surface area (Å²) in [4.78, 5) is 13.3. The normalized spacial score (nSPS) is 18.4. The molecule has 0 bridgehead atoms. The number of carbonyl (C=O) groups is 1. The van der Waals surface area contributed by atoms with Gasteiger partial charge in [0.1, 0.15) is 0 Å². The van der Waals surface area contributed by atoms with Crippen LogP contribution in [0.5, 0.6) is 0 Å². The quantitative estimate of drug-likeness (QED) is 0.746. The SMILES string of the molecule is CCOC(=O)N1CCC(NCC(COC)OC)CC1. The van der Waals surface area contributed by atoms with Crippen molar-refractivity contribution in [2.75, 3.05) is 47.1 Å². The first-order valence-corrected chi connectivity index (χ1v) is 6.88. The molecule has 1 N–H and O–H groups in total. The first kappa shape index (κ1) is 16.2. The standard InChI is InChI=1S/C13H26N2O4/c1-4-19-13(16)15-7-5-11(6-8-15)14-9-12(18-3)10-17-2/h11-12,14H,4-10H2,1-3H3. The Hall–Kier alpha value is -0.850. The van der Waals surface area contributed by atoms with Crippen LogP contribution >= 0.6 is 0 Å². The topological polar surface area (TPSA) is 60.0 Å². The van der Waals surface area contributed by atoms with Crippen molar-refractivity contribution < 1.29 is 19.0 Å². The molecular weight excluding hydrogens is 248 g/mol. The summed E-state index contributed by atoms with van der Waals surface area (Å²) >= 11 is 0. The second-order valence-electron chi connectivity index (χ2n) is 4.68. The Kier molecular flexibility index (Phi) is 7.78. The van der Waals surface area contributed by atoms with Crippen molar-refractivity contribution in [1.82, 2.24) is 10.2 Å². The summed E-state index contributed by atoms with van der Waals surface area (Å²) in [5, 5.41) is 3.47. The summed E-state index contributed by atoms with van der Waals surface area (Å²) in [6, 6.07) is 0.431. The summed E-state index contributed by atoms with van der Waals surface area (Å²) in [6.07, 6.45) is 1.77. The van der Waals surface area contributed by atoms with Gasteiger partial charge in [-0.05, 0) is 19.8 Å². The molecule has 1 fully saturated rings. The predicted octanol–water partition coefficient (Wildman–Crippen LogP) is 0.858. The first-order valence-electron chi connectivity index (χ1n) is 6.88. The van der Waals surface area contributed by atoms with Gasteiger partial charge in [0.05, 0.1) is 19.3 Å². The highest BCUT2D eigenvalue weighted by molar-refractivity contribution is 5.67. The Balaban J connectivity index is 2.21. The molecule has 1 saturated heterocycles. The molecule has 0 aromatic rings. The van der Waals surface area contributed by atoms with Gasteiger partial charge in [0.2, 0.25) is 0 Å². The van der Waals surface area contributed by atoms with E-state index in [0.717, 1.165) is 32.5 Å². The highest BCUT2D eigenvalue weighted by atomic mass is 16.6.